The van der Waals surface area contributed by atoms with Gasteiger partial charge in [0.1, 0.15) is 18.1 Å². The van der Waals surface area contributed by atoms with Crippen LogP contribution in [0.4, 0.5) is 0 Å². The molecule has 0 saturated carbocycles. The number of para-hydroxylation sites is 1. The number of carbonyl (C=O) groups excluding carboxylic acids is 4. The Bertz CT molecular complexity index is 1510. The summed E-state index contributed by atoms with van der Waals surface area (Å²) < 4.78 is 0. The molecule has 4 unspecified atom stereocenters. The first-order valence-corrected chi connectivity index (χ1v) is 12.7. The van der Waals surface area contributed by atoms with Gasteiger partial charge in [-0.1, -0.05) is 50.2 Å². The minimum absolute atomic E-state index is 0.229. The molecule has 1 aromatic heterocycles. The van der Waals surface area contributed by atoms with Crippen LogP contribution in [-0.4, -0.2) is 62.7 Å². The smallest absolute Gasteiger partial charge is 0.326 e. The van der Waals surface area contributed by atoms with Crippen molar-refractivity contribution >= 4 is 40.5 Å². The van der Waals surface area contributed by atoms with Gasteiger partial charge in [0.25, 0.3) is 5.91 Å². The summed E-state index contributed by atoms with van der Waals surface area (Å²) in [6.45, 7) is 3.40. The van der Waals surface area contributed by atoms with Gasteiger partial charge < -0.3 is 31.4 Å². The van der Waals surface area contributed by atoms with Crippen molar-refractivity contribution in [1.29, 1.82) is 0 Å². The zero-order valence-corrected chi connectivity index (χ0v) is 21.4. The van der Waals surface area contributed by atoms with Gasteiger partial charge >= 0.3 is 5.97 Å². The van der Waals surface area contributed by atoms with Crippen molar-refractivity contribution in [2.75, 3.05) is 0 Å². The first-order chi connectivity index (χ1) is 18.6. The molecule has 5 rings (SSSR count). The highest BCUT2D eigenvalue weighted by Gasteiger charge is 2.49. The van der Waals surface area contributed by atoms with E-state index in [0.717, 1.165) is 27.7 Å². The number of nitrogens with two attached hydrogens (primary N) is 1. The molecule has 2 aromatic carbocycles. The summed E-state index contributed by atoms with van der Waals surface area (Å²) in [4.78, 5) is 68.3. The van der Waals surface area contributed by atoms with Crippen molar-refractivity contribution in [2.24, 2.45) is 11.7 Å². The maximum atomic E-state index is 13.8. The number of carbonyl (C=O) groups is 5. The number of primary amides is 1. The summed E-state index contributed by atoms with van der Waals surface area (Å²) in [5, 5.41) is 15.4. The van der Waals surface area contributed by atoms with Crippen LogP contribution in [0.2, 0.25) is 0 Å². The number of nitrogens with zero attached hydrogens (tertiary/aromatic N) is 1. The van der Waals surface area contributed by atoms with Crippen LogP contribution in [0.1, 0.15) is 53.5 Å². The summed E-state index contributed by atoms with van der Waals surface area (Å²) >= 11 is 0. The molecule has 3 heterocycles. The van der Waals surface area contributed by atoms with Gasteiger partial charge in [-0.05, 0) is 29.2 Å². The second-order valence-corrected chi connectivity index (χ2v) is 10.3. The summed E-state index contributed by atoms with van der Waals surface area (Å²) in [6, 6.07) is 10.9. The maximum Gasteiger partial charge on any atom is 0.326 e. The minimum atomic E-state index is -1.53. The van der Waals surface area contributed by atoms with E-state index in [0.29, 0.717) is 5.56 Å². The summed E-state index contributed by atoms with van der Waals surface area (Å²) in [6.07, 6.45) is -0.360. The van der Waals surface area contributed by atoms with E-state index in [2.05, 4.69) is 15.6 Å². The topological polar surface area (TPSA) is 175 Å². The van der Waals surface area contributed by atoms with Crippen LogP contribution in [-0.2, 0) is 25.6 Å². The van der Waals surface area contributed by atoms with Crippen molar-refractivity contribution in [1.82, 2.24) is 20.5 Å². The molecule has 0 aliphatic carbocycles. The van der Waals surface area contributed by atoms with E-state index in [4.69, 9.17) is 5.73 Å². The molecule has 11 nitrogen and oxygen atoms in total. The molecule has 3 aromatic rings. The average molecular weight is 532 g/mol. The Labute approximate surface area is 223 Å². The van der Waals surface area contributed by atoms with Crippen molar-refractivity contribution in [3.05, 3.63) is 70.9 Å². The maximum absolute atomic E-state index is 13.8. The highest BCUT2D eigenvalue weighted by molar-refractivity contribution is 6.04. The lowest BCUT2D eigenvalue weighted by molar-refractivity contribution is -0.144. The van der Waals surface area contributed by atoms with Crippen LogP contribution >= 0.6 is 0 Å². The van der Waals surface area contributed by atoms with Crippen LogP contribution < -0.4 is 16.4 Å². The molecule has 0 bridgehead atoms. The zero-order valence-electron chi connectivity index (χ0n) is 21.4. The van der Waals surface area contributed by atoms with Gasteiger partial charge in [-0.3, -0.25) is 19.2 Å². The Morgan fingerprint density at radius 3 is 2.46 bits per heavy atom. The molecule has 202 valence electrons. The number of H-pyrrole nitrogens is 1. The van der Waals surface area contributed by atoms with E-state index in [1.165, 1.54) is 0 Å². The van der Waals surface area contributed by atoms with Crippen molar-refractivity contribution in [2.45, 2.75) is 50.9 Å². The van der Waals surface area contributed by atoms with Crippen LogP contribution in [0.5, 0.6) is 0 Å². The van der Waals surface area contributed by atoms with E-state index in [1.54, 1.807) is 30.9 Å². The number of amides is 4. The van der Waals surface area contributed by atoms with E-state index in [1.807, 2.05) is 36.4 Å². The van der Waals surface area contributed by atoms with Crippen LogP contribution in [0, 0.1) is 5.92 Å². The molecule has 2 aliphatic rings. The van der Waals surface area contributed by atoms with E-state index in [-0.39, 0.29) is 12.3 Å². The molecular weight excluding hydrogens is 502 g/mol. The molecule has 4 atom stereocenters. The van der Waals surface area contributed by atoms with Crippen molar-refractivity contribution in [3.8, 4) is 0 Å². The molecule has 0 radical (unpaired) electrons. The van der Waals surface area contributed by atoms with E-state index < -0.39 is 60.2 Å². The molecule has 0 spiro atoms. The standard InChI is InChI=1S/C28H29N5O6/c1-13(2)22(26(36)31-19(28(38)39)12-21(29)34)32-25(35)20-11-17-14-7-5-6-10-18(14)30-23(17)24-15-8-3-4-9-16(15)27(37)33(20)24/h3-10,13,19-20,22,24,30H,11-12H2,1-2H3,(H2,29,34)(H,31,36)(H,32,35)(H,38,39). The van der Waals surface area contributed by atoms with Crippen molar-refractivity contribution < 1.29 is 29.1 Å². The molecule has 39 heavy (non-hydrogen) atoms. The highest BCUT2D eigenvalue weighted by atomic mass is 16.4. The van der Waals surface area contributed by atoms with Gasteiger partial charge in [0.05, 0.1) is 12.5 Å². The van der Waals surface area contributed by atoms with Gasteiger partial charge in [0.2, 0.25) is 17.7 Å². The second kappa shape index (κ2) is 9.90. The SMILES string of the molecule is CC(C)C(NC(=O)C1Cc2c([nH]c3ccccc23)C2c3ccccc3C(=O)N12)C(=O)NC(CC(N)=O)C(=O)O. The average Bonchev–Trinajstić information content (AvgIpc) is 3.41. The number of aromatic nitrogens is 1. The highest BCUT2D eigenvalue weighted by Crippen LogP contribution is 2.46. The van der Waals surface area contributed by atoms with E-state index in [9.17, 15) is 29.1 Å². The van der Waals surface area contributed by atoms with Gasteiger partial charge in [-0.15, -0.1) is 0 Å². The van der Waals surface area contributed by atoms with Gasteiger partial charge in [0, 0.05) is 28.6 Å². The number of nitrogens with one attached hydrogen (secondary N) is 3. The van der Waals surface area contributed by atoms with Gasteiger partial charge in [0.15, 0.2) is 0 Å². The number of carboxylic acids is 1. The third-order valence-corrected chi connectivity index (χ3v) is 7.42. The predicted molar refractivity (Wildman–Crippen MR) is 140 cm³/mol. The molecule has 6 N–H and O–H groups in total. The third kappa shape index (κ3) is 4.49. The van der Waals surface area contributed by atoms with Crippen LogP contribution in [0.3, 0.4) is 0 Å². The normalized spacial score (nSPS) is 19.2. The Morgan fingerprint density at radius 2 is 1.77 bits per heavy atom. The quantitative estimate of drug-likeness (QED) is 0.292. The van der Waals surface area contributed by atoms with Crippen molar-refractivity contribution in [3.63, 3.8) is 0 Å². The predicted octanol–water partition coefficient (Wildman–Crippen LogP) is 1.22. The van der Waals surface area contributed by atoms with Gasteiger partial charge in [-0.25, -0.2) is 4.79 Å². The fraction of sp³-hybridized carbons (Fsp3) is 0.321. The van der Waals surface area contributed by atoms with Crippen LogP contribution in [0.15, 0.2) is 48.5 Å². The minimum Gasteiger partial charge on any atom is -0.480 e. The number of rotatable bonds is 8. The first kappa shape index (κ1) is 26.0. The molecular formula is C28H29N5O6. The fourth-order valence-electron chi connectivity index (χ4n) is 5.58. The number of fused-ring (bicyclic) bond motifs is 7. The number of hydrogen-bond donors (Lipinski definition) is 5. The third-order valence-electron chi connectivity index (χ3n) is 7.42. The van der Waals surface area contributed by atoms with Crippen LogP contribution in [0.25, 0.3) is 10.9 Å². The lowest BCUT2D eigenvalue weighted by atomic mass is 9.89. The monoisotopic (exact) mass is 531 g/mol. The molecule has 4 amide bonds. The molecule has 2 aliphatic heterocycles. The Morgan fingerprint density at radius 1 is 1.08 bits per heavy atom. The lowest BCUT2D eigenvalue weighted by Crippen LogP contribution is -2.59. The number of carboxylic acid groups (broad SMARTS) is 1. The Hall–Kier alpha value is -4.67. The second-order valence-electron chi connectivity index (χ2n) is 10.3. The number of aromatic amines is 1. The summed E-state index contributed by atoms with van der Waals surface area (Å²) in [5.74, 6) is -4.30. The largest absolute Gasteiger partial charge is 0.480 e. The molecule has 0 saturated heterocycles. The number of aliphatic carboxylic acids is 1. The van der Waals surface area contributed by atoms with Gasteiger partial charge in [-0.2, -0.15) is 0 Å². The zero-order chi connectivity index (χ0) is 28.0. The lowest BCUT2D eigenvalue weighted by Gasteiger charge is -2.38. The Balaban J connectivity index is 1.48. The number of benzene rings is 2. The molecule has 0 fully saturated rings. The first-order valence-electron chi connectivity index (χ1n) is 12.7. The number of hydrogen-bond acceptors (Lipinski definition) is 5. The van der Waals surface area contributed by atoms with E-state index >= 15 is 0 Å². The molecule has 11 heteroatoms. The summed E-state index contributed by atoms with van der Waals surface area (Å²) in [5.41, 5.74) is 9.11. The summed E-state index contributed by atoms with van der Waals surface area (Å²) in [7, 11) is 0. The fourth-order valence-corrected chi connectivity index (χ4v) is 5.58. The Kier molecular flexibility index (Phi) is 6.59.